The number of anilines is 1. The molecule has 4 aromatic rings. The van der Waals surface area contributed by atoms with Gasteiger partial charge >= 0.3 is 0 Å². The standard InChI is InChI=1S/C22H20N4O3S/c1-28-18-10-5-9-17(13-18)23-20(27)15-30-22-25-24-21(16-7-3-2-4-8-16)26(22)14-19-11-6-12-29-19/h2-13H,14-15H2,1H3,(H,23,27). The first kappa shape index (κ1) is 19.8. The Kier molecular flexibility index (Phi) is 6.14. The molecule has 30 heavy (non-hydrogen) atoms. The number of nitrogens with one attached hydrogen (secondary N) is 1. The molecule has 0 atom stereocenters. The van der Waals surface area contributed by atoms with Crippen LogP contribution in [0.15, 0.2) is 82.6 Å². The third kappa shape index (κ3) is 4.72. The number of benzene rings is 2. The van der Waals surface area contributed by atoms with Crippen LogP contribution in [0.2, 0.25) is 0 Å². The Balaban J connectivity index is 1.50. The molecule has 0 aliphatic carbocycles. The molecule has 4 rings (SSSR count). The molecule has 0 unspecified atom stereocenters. The van der Waals surface area contributed by atoms with Crippen LogP contribution < -0.4 is 10.1 Å². The van der Waals surface area contributed by atoms with Gasteiger partial charge in [-0.2, -0.15) is 0 Å². The maximum atomic E-state index is 12.4. The Labute approximate surface area is 178 Å². The summed E-state index contributed by atoms with van der Waals surface area (Å²) in [7, 11) is 1.59. The monoisotopic (exact) mass is 420 g/mol. The van der Waals surface area contributed by atoms with Gasteiger partial charge in [0, 0.05) is 17.3 Å². The number of thioether (sulfide) groups is 1. The number of furan rings is 1. The minimum absolute atomic E-state index is 0.137. The van der Waals surface area contributed by atoms with Crippen molar-refractivity contribution in [3.63, 3.8) is 0 Å². The van der Waals surface area contributed by atoms with Crippen molar-refractivity contribution in [1.29, 1.82) is 0 Å². The minimum Gasteiger partial charge on any atom is -0.497 e. The predicted octanol–water partition coefficient (Wildman–Crippen LogP) is 4.33. The van der Waals surface area contributed by atoms with Gasteiger partial charge in [0.1, 0.15) is 11.5 Å². The number of rotatable bonds is 8. The number of hydrogen-bond donors (Lipinski definition) is 1. The molecule has 0 bridgehead atoms. The lowest BCUT2D eigenvalue weighted by atomic mass is 10.2. The molecule has 0 fully saturated rings. The van der Waals surface area contributed by atoms with Gasteiger partial charge < -0.3 is 14.5 Å². The van der Waals surface area contributed by atoms with Gasteiger partial charge in [0.15, 0.2) is 11.0 Å². The van der Waals surface area contributed by atoms with Crippen molar-refractivity contribution in [1.82, 2.24) is 14.8 Å². The van der Waals surface area contributed by atoms with E-state index in [1.807, 2.05) is 65.2 Å². The second kappa shape index (κ2) is 9.32. The van der Waals surface area contributed by atoms with E-state index in [9.17, 15) is 4.79 Å². The van der Waals surface area contributed by atoms with E-state index in [1.165, 1.54) is 11.8 Å². The van der Waals surface area contributed by atoms with Crippen LogP contribution in [0.3, 0.4) is 0 Å². The number of nitrogens with zero attached hydrogens (tertiary/aromatic N) is 3. The predicted molar refractivity (Wildman–Crippen MR) is 116 cm³/mol. The van der Waals surface area contributed by atoms with Gasteiger partial charge in [0.2, 0.25) is 5.91 Å². The highest BCUT2D eigenvalue weighted by atomic mass is 32.2. The smallest absolute Gasteiger partial charge is 0.234 e. The van der Waals surface area contributed by atoms with E-state index in [4.69, 9.17) is 9.15 Å². The van der Waals surface area contributed by atoms with Crippen molar-refractivity contribution in [2.75, 3.05) is 18.2 Å². The lowest BCUT2D eigenvalue weighted by Crippen LogP contribution is -2.14. The van der Waals surface area contributed by atoms with Crippen molar-refractivity contribution in [3.8, 4) is 17.1 Å². The molecular formula is C22H20N4O3S. The molecular weight excluding hydrogens is 400 g/mol. The minimum atomic E-state index is -0.137. The van der Waals surface area contributed by atoms with Crippen LogP contribution in [0.5, 0.6) is 5.75 Å². The van der Waals surface area contributed by atoms with Gasteiger partial charge in [0.25, 0.3) is 0 Å². The summed E-state index contributed by atoms with van der Waals surface area (Å²) in [5.41, 5.74) is 1.63. The first-order valence-corrected chi connectivity index (χ1v) is 10.3. The third-order valence-corrected chi connectivity index (χ3v) is 5.30. The second-order valence-electron chi connectivity index (χ2n) is 6.41. The molecule has 0 aliphatic heterocycles. The molecule has 0 spiro atoms. The molecule has 0 radical (unpaired) electrons. The highest BCUT2D eigenvalue weighted by Gasteiger charge is 2.17. The van der Waals surface area contributed by atoms with Crippen LogP contribution >= 0.6 is 11.8 Å². The number of hydrogen-bond acceptors (Lipinski definition) is 6. The van der Waals surface area contributed by atoms with Crippen LogP contribution in [0.1, 0.15) is 5.76 Å². The topological polar surface area (TPSA) is 82.2 Å². The molecule has 7 nitrogen and oxygen atoms in total. The maximum Gasteiger partial charge on any atom is 0.234 e. The molecule has 2 aromatic heterocycles. The van der Waals surface area contributed by atoms with Crippen molar-refractivity contribution in [3.05, 3.63) is 78.8 Å². The van der Waals surface area contributed by atoms with E-state index in [2.05, 4.69) is 15.5 Å². The molecule has 1 N–H and O–H groups in total. The Morgan fingerprint density at radius 2 is 1.97 bits per heavy atom. The molecule has 0 saturated carbocycles. The largest absolute Gasteiger partial charge is 0.497 e. The zero-order valence-electron chi connectivity index (χ0n) is 16.3. The normalized spacial score (nSPS) is 10.7. The molecule has 8 heteroatoms. The number of methoxy groups -OCH3 is 1. The Morgan fingerprint density at radius 3 is 2.73 bits per heavy atom. The summed E-state index contributed by atoms with van der Waals surface area (Å²) < 4.78 is 12.6. The average Bonchev–Trinajstić information content (AvgIpc) is 3.43. The van der Waals surface area contributed by atoms with Crippen LogP contribution in [-0.2, 0) is 11.3 Å². The molecule has 0 aliphatic rings. The quantitative estimate of drug-likeness (QED) is 0.427. The molecule has 2 heterocycles. The number of carbonyl (C=O) groups excluding carboxylic acids is 1. The average molecular weight is 420 g/mol. The zero-order valence-corrected chi connectivity index (χ0v) is 17.1. The molecule has 1 amide bonds. The fraction of sp³-hybridized carbons (Fsp3) is 0.136. The lowest BCUT2D eigenvalue weighted by molar-refractivity contribution is -0.113. The SMILES string of the molecule is COc1cccc(NC(=O)CSc2nnc(-c3ccccc3)n2Cc2ccco2)c1. The maximum absolute atomic E-state index is 12.4. The fourth-order valence-electron chi connectivity index (χ4n) is 2.93. The van der Waals surface area contributed by atoms with Gasteiger partial charge in [0.05, 0.1) is 25.7 Å². The summed E-state index contributed by atoms with van der Waals surface area (Å²) in [6.45, 7) is 0.476. The van der Waals surface area contributed by atoms with Crippen LogP contribution in [0.25, 0.3) is 11.4 Å². The summed E-state index contributed by atoms with van der Waals surface area (Å²) in [6.07, 6.45) is 1.64. The van der Waals surface area contributed by atoms with Crippen molar-refractivity contribution in [2.45, 2.75) is 11.7 Å². The Hall–Kier alpha value is -3.52. The van der Waals surface area contributed by atoms with Crippen LogP contribution in [0.4, 0.5) is 5.69 Å². The van der Waals surface area contributed by atoms with Crippen molar-refractivity contribution < 1.29 is 13.9 Å². The zero-order chi connectivity index (χ0) is 20.8. The van der Waals surface area contributed by atoms with Gasteiger partial charge in [-0.25, -0.2) is 0 Å². The van der Waals surface area contributed by atoms with E-state index in [0.717, 1.165) is 17.1 Å². The highest BCUT2D eigenvalue weighted by molar-refractivity contribution is 7.99. The van der Waals surface area contributed by atoms with E-state index in [-0.39, 0.29) is 11.7 Å². The summed E-state index contributed by atoms with van der Waals surface area (Å²) in [6, 6.07) is 20.8. The first-order valence-electron chi connectivity index (χ1n) is 9.30. The lowest BCUT2D eigenvalue weighted by Gasteiger charge is -2.09. The van der Waals surface area contributed by atoms with E-state index in [0.29, 0.717) is 23.1 Å². The van der Waals surface area contributed by atoms with Gasteiger partial charge in [-0.3, -0.25) is 9.36 Å². The van der Waals surface area contributed by atoms with Crippen LogP contribution in [0, 0.1) is 0 Å². The highest BCUT2D eigenvalue weighted by Crippen LogP contribution is 2.25. The van der Waals surface area contributed by atoms with Gasteiger partial charge in [-0.1, -0.05) is 48.2 Å². The first-order chi connectivity index (χ1) is 14.7. The Morgan fingerprint density at radius 1 is 1.10 bits per heavy atom. The summed E-state index contributed by atoms with van der Waals surface area (Å²) in [4.78, 5) is 12.4. The molecule has 2 aromatic carbocycles. The number of ether oxygens (including phenoxy) is 1. The summed E-state index contributed by atoms with van der Waals surface area (Å²) in [5, 5.41) is 12.2. The van der Waals surface area contributed by atoms with E-state index >= 15 is 0 Å². The molecule has 152 valence electrons. The van der Waals surface area contributed by atoms with E-state index in [1.54, 1.807) is 19.4 Å². The second-order valence-corrected chi connectivity index (χ2v) is 7.35. The fourth-order valence-corrected chi connectivity index (χ4v) is 3.66. The van der Waals surface area contributed by atoms with Gasteiger partial charge in [-0.15, -0.1) is 10.2 Å². The van der Waals surface area contributed by atoms with Crippen molar-refractivity contribution >= 4 is 23.4 Å². The number of carbonyl (C=O) groups is 1. The summed E-state index contributed by atoms with van der Waals surface area (Å²) in [5.74, 6) is 2.26. The van der Waals surface area contributed by atoms with Crippen molar-refractivity contribution in [2.24, 2.45) is 0 Å². The third-order valence-electron chi connectivity index (χ3n) is 4.33. The Bertz CT molecular complexity index is 1110. The number of amides is 1. The number of aromatic nitrogens is 3. The summed E-state index contributed by atoms with van der Waals surface area (Å²) >= 11 is 1.33. The van der Waals surface area contributed by atoms with Gasteiger partial charge in [-0.05, 0) is 24.3 Å². The van der Waals surface area contributed by atoms with E-state index < -0.39 is 0 Å². The molecule has 0 saturated heterocycles. The van der Waals surface area contributed by atoms with Crippen LogP contribution in [-0.4, -0.2) is 33.5 Å².